The van der Waals surface area contributed by atoms with Crippen molar-refractivity contribution in [2.24, 2.45) is 4.99 Å². The second kappa shape index (κ2) is 11.9. The van der Waals surface area contributed by atoms with E-state index in [0.717, 1.165) is 74.4 Å². The van der Waals surface area contributed by atoms with Crippen LogP contribution < -0.4 is 14.8 Å². The number of rotatable bonds is 7. The Morgan fingerprint density at radius 3 is 2.59 bits per heavy atom. The molecule has 0 spiro atoms. The van der Waals surface area contributed by atoms with Crippen LogP contribution in [0.5, 0.6) is 11.5 Å². The molecule has 0 saturated carbocycles. The third-order valence-electron chi connectivity index (χ3n) is 4.93. The van der Waals surface area contributed by atoms with Crippen molar-refractivity contribution in [1.29, 1.82) is 0 Å². The average Bonchev–Trinajstić information content (AvgIpc) is 3.25. The van der Waals surface area contributed by atoms with E-state index >= 15 is 0 Å². The molecule has 0 bridgehead atoms. The maximum absolute atomic E-state index is 5.46. The molecule has 9 heteroatoms. The smallest absolute Gasteiger partial charge is 0.193 e. The van der Waals surface area contributed by atoms with Crippen LogP contribution in [-0.4, -0.2) is 74.9 Å². The Balaban J connectivity index is 0.00000300. The van der Waals surface area contributed by atoms with Gasteiger partial charge < -0.3 is 24.2 Å². The van der Waals surface area contributed by atoms with Crippen molar-refractivity contribution in [2.75, 3.05) is 54.0 Å². The van der Waals surface area contributed by atoms with Crippen molar-refractivity contribution >= 4 is 29.9 Å². The van der Waals surface area contributed by atoms with Crippen LogP contribution in [0.25, 0.3) is 0 Å². The number of piperazine rings is 1. The van der Waals surface area contributed by atoms with Crippen LogP contribution in [0, 0.1) is 0 Å². The lowest BCUT2D eigenvalue weighted by Crippen LogP contribution is -2.52. The van der Waals surface area contributed by atoms with Crippen molar-refractivity contribution in [3.63, 3.8) is 0 Å². The van der Waals surface area contributed by atoms with Crippen molar-refractivity contribution in [1.82, 2.24) is 20.3 Å². The molecule has 0 amide bonds. The van der Waals surface area contributed by atoms with E-state index in [9.17, 15) is 0 Å². The van der Waals surface area contributed by atoms with Gasteiger partial charge in [0, 0.05) is 52.4 Å². The van der Waals surface area contributed by atoms with Crippen LogP contribution in [0.1, 0.15) is 11.3 Å². The molecule has 1 saturated heterocycles. The maximum Gasteiger partial charge on any atom is 0.193 e. The molecule has 0 atom stereocenters. The molecule has 2 aromatic rings. The van der Waals surface area contributed by atoms with Gasteiger partial charge in [0.15, 0.2) is 5.96 Å². The second-order valence-electron chi connectivity index (χ2n) is 6.66. The van der Waals surface area contributed by atoms with Crippen LogP contribution >= 0.6 is 24.0 Å². The fourth-order valence-electron chi connectivity index (χ4n) is 3.38. The molecule has 3 rings (SSSR count). The Morgan fingerprint density at radius 1 is 1.17 bits per heavy atom. The molecule has 1 aliphatic heterocycles. The molecule has 1 aromatic carbocycles. The summed E-state index contributed by atoms with van der Waals surface area (Å²) in [6, 6.07) is 7.79. The number of aliphatic imine (C=N–C) groups is 1. The summed E-state index contributed by atoms with van der Waals surface area (Å²) in [4.78, 5) is 9.12. The van der Waals surface area contributed by atoms with E-state index in [2.05, 4.69) is 25.3 Å². The molecule has 2 heterocycles. The first kappa shape index (κ1) is 23.3. The third-order valence-corrected chi connectivity index (χ3v) is 4.93. The largest absolute Gasteiger partial charge is 0.497 e. The van der Waals surface area contributed by atoms with Crippen molar-refractivity contribution in [3.8, 4) is 11.5 Å². The summed E-state index contributed by atoms with van der Waals surface area (Å²) in [6.07, 6.45) is 2.44. The van der Waals surface area contributed by atoms with Crippen molar-refractivity contribution in [2.45, 2.75) is 13.0 Å². The predicted molar refractivity (Wildman–Crippen MR) is 123 cm³/mol. The van der Waals surface area contributed by atoms with Gasteiger partial charge in [-0.15, -0.1) is 24.0 Å². The summed E-state index contributed by atoms with van der Waals surface area (Å²) in [6.45, 7) is 5.40. The van der Waals surface area contributed by atoms with Crippen LogP contribution in [0.2, 0.25) is 0 Å². The van der Waals surface area contributed by atoms with Crippen LogP contribution in [0.3, 0.4) is 0 Å². The van der Waals surface area contributed by atoms with Gasteiger partial charge in [0.2, 0.25) is 0 Å². The van der Waals surface area contributed by atoms with E-state index in [0.29, 0.717) is 0 Å². The van der Waals surface area contributed by atoms with Crippen LogP contribution in [-0.2, 0) is 13.0 Å². The first-order valence-electron chi connectivity index (χ1n) is 9.51. The molecule has 1 fully saturated rings. The lowest BCUT2D eigenvalue weighted by atomic mass is 10.1. The molecule has 1 aliphatic rings. The lowest BCUT2D eigenvalue weighted by molar-refractivity contribution is 0.169. The van der Waals surface area contributed by atoms with E-state index in [1.54, 1.807) is 20.5 Å². The summed E-state index contributed by atoms with van der Waals surface area (Å²) in [5.41, 5.74) is 2.09. The summed E-state index contributed by atoms with van der Waals surface area (Å²) < 4.78 is 15.7. The average molecular weight is 515 g/mol. The quantitative estimate of drug-likeness (QED) is 0.345. The Kier molecular flexibility index (Phi) is 9.52. The number of benzene rings is 1. The van der Waals surface area contributed by atoms with E-state index in [-0.39, 0.29) is 24.0 Å². The molecule has 0 unspecified atom stereocenters. The molecular weight excluding hydrogens is 485 g/mol. The zero-order valence-corrected chi connectivity index (χ0v) is 19.6. The van der Waals surface area contributed by atoms with Gasteiger partial charge in [-0.05, 0) is 30.2 Å². The van der Waals surface area contributed by atoms with E-state index < -0.39 is 0 Å². The first-order valence-corrected chi connectivity index (χ1v) is 9.51. The number of guanidine groups is 1. The number of halogens is 1. The highest BCUT2D eigenvalue weighted by atomic mass is 127. The highest BCUT2D eigenvalue weighted by Gasteiger charge is 2.20. The van der Waals surface area contributed by atoms with Crippen LogP contribution in [0.15, 0.2) is 40.0 Å². The minimum Gasteiger partial charge on any atom is -0.497 e. The molecule has 0 aliphatic carbocycles. The Bertz CT molecular complexity index is 761. The topological polar surface area (TPSA) is 75.4 Å². The van der Waals surface area contributed by atoms with Gasteiger partial charge in [0.1, 0.15) is 17.8 Å². The van der Waals surface area contributed by atoms with E-state index in [1.165, 1.54) is 0 Å². The van der Waals surface area contributed by atoms with Gasteiger partial charge >= 0.3 is 0 Å². The minimum atomic E-state index is 0. The number of nitrogens with one attached hydrogen (secondary N) is 1. The summed E-state index contributed by atoms with van der Waals surface area (Å²) in [5.74, 6) is 2.64. The normalized spacial score (nSPS) is 15.0. The SMILES string of the molecule is CN=C(NCCc1cc(OC)ccc1OC)N1CCN(Cc2ccon2)CC1.I. The molecule has 1 N–H and O–H groups in total. The highest BCUT2D eigenvalue weighted by Crippen LogP contribution is 2.24. The molecule has 1 aromatic heterocycles. The lowest BCUT2D eigenvalue weighted by Gasteiger charge is -2.36. The maximum atomic E-state index is 5.46. The molecule has 8 nitrogen and oxygen atoms in total. The number of methoxy groups -OCH3 is 2. The zero-order valence-electron chi connectivity index (χ0n) is 17.3. The molecule has 0 radical (unpaired) electrons. The van der Waals surface area contributed by atoms with Gasteiger partial charge in [-0.25, -0.2) is 0 Å². The van der Waals surface area contributed by atoms with Gasteiger partial charge in [-0.2, -0.15) is 0 Å². The first-order chi connectivity index (χ1) is 13.7. The Morgan fingerprint density at radius 2 is 1.97 bits per heavy atom. The van der Waals surface area contributed by atoms with Gasteiger partial charge in [-0.3, -0.25) is 9.89 Å². The number of hydrogen-bond donors (Lipinski definition) is 1. The second-order valence-corrected chi connectivity index (χ2v) is 6.66. The zero-order chi connectivity index (χ0) is 19.8. The van der Waals surface area contributed by atoms with Gasteiger partial charge in [0.25, 0.3) is 0 Å². The molecular formula is C20H30IN5O3. The van der Waals surface area contributed by atoms with Crippen molar-refractivity contribution < 1.29 is 14.0 Å². The summed E-state index contributed by atoms with van der Waals surface area (Å²) in [5, 5.41) is 7.46. The number of hydrogen-bond acceptors (Lipinski definition) is 6. The number of nitrogens with zero attached hydrogens (tertiary/aromatic N) is 4. The highest BCUT2D eigenvalue weighted by molar-refractivity contribution is 14.0. The molecule has 160 valence electrons. The van der Waals surface area contributed by atoms with Gasteiger partial charge in [-0.1, -0.05) is 5.16 Å². The van der Waals surface area contributed by atoms with E-state index in [1.807, 2.05) is 31.3 Å². The fourth-order valence-corrected chi connectivity index (χ4v) is 3.38. The van der Waals surface area contributed by atoms with E-state index in [4.69, 9.17) is 14.0 Å². The number of ether oxygens (including phenoxy) is 2. The minimum absolute atomic E-state index is 0. The van der Waals surface area contributed by atoms with Gasteiger partial charge in [0.05, 0.1) is 19.9 Å². The third kappa shape index (κ3) is 6.49. The monoisotopic (exact) mass is 515 g/mol. The Hall–Kier alpha value is -2.01. The standard InChI is InChI=1S/C20H29N5O3.HI/c1-21-20(22-8-6-16-14-18(26-2)4-5-19(16)27-3)25-11-9-24(10-12-25)15-17-7-13-28-23-17;/h4-5,7,13-14H,6,8-12,15H2,1-3H3,(H,21,22);1H. The summed E-state index contributed by atoms with van der Waals surface area (Å²) >= 11 is 0. The molecule has 29 heavy (non-hydrogen) atoms. The van der Waals surface area contributed by atoms with Crippen LogP contribution in [0.4, 0.5) is 0 Å². The fraction of sp³-hybridized carbons (Fsp3) is 0.500. The predicted octanol–water partition coefficient (Wildman–Crippen LogP) is 2.25. The summed E-state index contributed by atoms with van der Waals surface area (Å²) in [7, 11) is 5.19. The van der Waals surface area contributed by atoms with Crippen molar-refractivity contribution in [3.05, 3.63) is 41.8 Å². The number of aromatic nitrogens is 1. The Labute approximate surface area is 189 Å².